The Hall–Kier alpha value is -3.30. The molecule has 9 heteroatoms. The van der Waals surface area contributed by atoms with Crippen molar-refractivity contribution in [2.24, 2.45) is 5.10 Å². The molecule has 0 unspecified atom stereocenters. The Morgan fingerprint density at radius 3 is 2.50 bits per heavy atom. The quantitative estimate of drug-likeness (QED) is 0.226. The summed E-state index contributed by atoms with van der Waals surface area (Å²) in [4.78, 5) is 29.2. The SMILES string of the molecule is CC[C@H](C)c1nc2ccc(Br)cc2c(=O)n1N=Cc1cc(Br)ccc1OCc1ccc(C(=O)O)cc1. The summed E-state index contributed by atoms with van der Waals surface area (Å²) in [6.45, 7) is 4.30. The lowest BCUT2D eigenvalue weighted by Gasteiger charge is -2.14. The van der Waals surface area contributed by atoms with Crippen LogP contribution in [0.15, 0.2) is 79.5 Å². The van der Waals surface area contributed by atoms with Crippen LogP contribution in [0.5, 0.6) is 5.75 Å². The second-order valence-electron chi connectivity index (χ2n) is 8.28. The minimum absolute atomic E-state index is 0.0231. The van der Waals surface area contributed by atoms with Crippen molar-refractivity contribution >= 4 is 54.9 Å². The summed E-state index contributed by atoms with van der Waals surface area (Å²) in [6.07, 6.45) is 2.39. The molecular formula is C27H23Br2N3O4. The van der Waals surface area contributed by atoms with Gasteiger partial charge in [0.25, 0.3) is 5.56 Å². The predicted molar refractivity (Wildman–Crippen MR) is 147 cm³/mol. The number of benzene rings is 3. The Morgan fingerprint density at radius 2 is 1.81 bits per heavy atom. The van der Waals surface area contributed by atoms with E-state index in [1.807, 2.05) is 44.2 Å². The fraction of sp³-hybridized carbons (Fsp3) is 0.185. The summed E-state index contributed by atoms with van der Waals surface area (Å²) in [5.74, 6) is 0.203. The van der Waals surface area contributed by atoms with Crippen molar-refractivity contribution < 1.29 is 14.6 Å². The molecule has 1 atom stereocenters. The molecule has 184 valence electrons. The van der Waals surface area contributed by atoms with Gasteiger partial charge in [-0.1, -0.05) is 57.8 Å². The van der Waals surface area contributed by atoms with E-state index in [0.29, 0.717) is 28.0 Å². The highest BCUT2D eigenvalue weighted by atomic mass is 79.9. The lowest BCUT2D eigenvalue weighted by atomic mass is 10.1. The van der Waals surface area contributed by atoms with E-state index in [0.717, 1.165) is 20.9 Å². The number of nitrogens with zero attached hydrogens (tertiary/aromatic N) is 3. The van der Waals surface area contributed by atoms with E-state index >= 15 is 0 Å². The number of ether oxygens (including phenoxy) is 1. The highest BCUT2D eigenvalue weighted by Crippen LogP contribution is 2.24. The maximum Gasteiger partial charge on any atom is 0.335 e. The second-order valence-corrected chi connectivity index (χ2v) is 10.1. The van der Waals surface area contributed by atoms with E-state index in [1.54, 1.807) is 36.5 Å². The summed E-state index contributed by atoms with van der Waals surface area (Å²) in [5, 5.41) is 14.1. The van der Waals surface area contributed by atoms with Gasteiger partial charge < -0.3 is 9.84 Å². The highest BCUT2D eigenvalue weighted by Gasteiger charge is 2.16. The number of aromatic nitrogens is 2. The van der Waals surface area contributed by atoms with Crippen molar-refractivity contribution in [3.8, 4) is 5.75 Å². The molecule has 4 aromatic rings. The van der Waals surface area contributed by atoms with Crippen LogP contribution < -0.4 is 10.3 Å². The molecule has 1 heterocycles. The second kappa shape index (κ2) is 11.2. The fourth-order valence-corrected chi connectivity index (χ4v) is 4.30. The lowest BCUT2D eigenvalue weighted by molar-refractivity contribution is 0.0697. The van der Waals surface area contributed by atoms with Gasteiger partial charge >= 0.3 is 5.97 Å². The van der Waals surface area contributed by atoms with Crippen molar-refractivity contribution in [2.75, 3.05) is 0 Å². The van der Waals surface area contributed by atoms with Crippen molar-refractivity contribution in [3.05, 3.63) is 102 Å². The van der Waals surface area contributed by atoms with Gasteiger partial charge in [0.1, 0.15) is 18.2 Å². The summed E-state index contributed by atoms with van der Waals surface area (Å²) >= 11 is 6.91. The molecule has 1 N–H and O–H groups in total. The number of fused-ring (bicyclic) bond motifs is 1. The summed E-state index contributed by atoms with van der Waals surface area (Å²) in [6, 6.07) is 17.5. The van der Waals surface area contributed by atoms with Gasteiger partial charge in [0.15, 0.2) is 0 Å². The zero-order valence-corrected chi connectivity index (χ0v) is 22.8. The van der Waals surface area contributed by atoms with Crippen LogP contribution in [-0.2, 0) is 6.61 Å². The number of aromatic carboxylic acids is 1. The molecule has 36 heavy (non-hydrogen) atoms. The molecule has 0 aliphatic carbocycles. The van der Waals surface area contributed by atoms with Gasteiger partial charge in [-0.3, -0.25) is 4.79 Å². The van der Waals surface area contributed by atoms with E-state index in [-0.39, 0.29) is 23.6 Å². The maximum absolute atomic E-state index is 13.4. The van der Waals surface area contributed by atoms with Crippen molar-refractivity contribution in [3.63, 3.8) is 0 Å². The number of rotatable bonds is 8. The number of hydrogen-bond acceptors (Lipinski definition) is 5. The molecule has 4 rings (SSSR count). The van der Waals surface area contributed by atoms with Crippen LogP contribution >= 0.6 is 31.9 Å². The number of halogens is 2. The van der Waals surface area contributed by atoms with Crippen LogP contribution in [0.4, 0.5) is 0 Å². The number of carboxylic acid groups (broad SMARTS) is 1. The van der Waals surface area contributed by atoms with Crippen LogP contribution in [0.2, 0.25) is 0 Å². The van der Waals surface area contributed by atoms with Crippen LogP contribution in [0, 0.1) is 0 Å². The Morgan fingerprint density at radius 1 is 1.11 bits per heavy atom. The number of hydrogen-bond donors (Lipinski definition) is 1. The maximum atomic E-state index is 13.4. The molecule has 0 spiro atoms. The van der Waals surface area contributed by atoms with Crippen LogP contribution in [0.3, 0.4) is 0 Å². The average molecular weight is 613 g/mol. The smallest absolute Gasteiger partial charge is 0.335 e. The molecule has 0 saturated carbocycles. The third kappa shape index (κ3) is 5.74. The first-order valence-corrected chi connectivity index (χ1v) is 12.9. The Kier molecular flexibility index (Phi) is 8.01. The molecule has 0 aliphatic rings. The minimum atomic E-state index is -0.976. The van der Waals surface area contributed by atoms with Crippen LogP contribution in [0.1, 0.15) is 53.5 Å². The molecule has 0 bridgehead atoms. The van der Waals surface area contributed by atoms with Crippen molar-refractivity contribution in [2.45, 2.75) is 32.8 Å². The van der Waals surface area contributed by atoms with E-state index in [1.165, 1.54) is 4.68 Å². The lowest BCUT2D eigenvalue weighted by Crippen LogP contribution is -2.23. The molecule has 7 nitrogen and oxygen atoms in total. The average Bonchev–Trinajstić information content (AvgIpc) is 2.87. The molecule has 0 aliphatic heterocycles. The van der Waals surface area contributed by atoms with E-state index in [4.69, 9.17) is 14.8 Å². The summed E-state index contributed by atoms with van der Waals surface area (Å²) in [7, 11) is 0. The normalized spacial score (nSPS) is 12.2. The van der Waals surface area contributed by atoms with Gasteiger partial charge in [-0.15, -0.1) is 0 Å². The Balaban J connectivity index is 1.69. The largest absolute Gasteiger partial charge is 0.488 e. The van der Waals surface area contributed by atoms with Gasteiger partial charge in [0.2, 0.25) is 0 Å². The van der Waals surface area contributed by atoms with E-state index in [9.17, 15) is 9.59 Å². The zero-order chi connectivity index (χ0) is 25.8. The van der Waals surface area contributed by atoms with Crippen LogP contribution in [-0.4, -0.2) is 27.0 Å². The molecule has 3 aromatic carbocycles. The summed E-state index contributed by atoms with van der Waals surface area (Å²) in [5.41, 5.74) is 2.09. The van der Waals surface area contributed by atoms with Crippen LogP contribution in [0.25, 0.3) is 10.9 Å². The Bertz CT molecular complexity index is 1510. The van der Waals surface area contributed by atoms with Gasteiger partial charge in [-0.2, -0.15) is 9.78 Å². The first-order valence-electron chi connectivity index (χ1n) is 11.3. The van der Waals surface area contributed by atoms with Gasteiger partial charge in [-0.25, -0.2) is 9.78 Å². The summed E-state index contributed by atoms with van der Waals surface area (Å²) < 4.78 is 8.99. The van der Waals surface area contributed by atoms with Crippen molar-refractivity contribution in [1.29, 1.82) is 0 Å². The topological polar surface area (TPSA) is 93.8 Å². The molecular weight excluding hydrogens is 590 g/mol. The molecule has 0 radical (unpaired) electrons. The van der Waals surface area contributed by atoms with E-state index < -0.39 is 5.97 Å². The first kappa shape index (κ1) is 25.8. The Labute approximate surface area is 224 Å². The van der Waals surface area contributed by atoms with E-state index in [2.05, 4.69) is 37.0 Å². The van der Waals surface area contributed by atoms with Gasteiger partial charge in [0, 0.05) is 20.4 Å². The molecule has 0 fully saturated rings. The third-order valence-electron chi connectivity index (χ3n) is 5.77. The number of carboxylic acids is 1. The highest BCUT2D eigenvalue weighted by molar-refractivity contribution is 9.10. The monoisotopic (exact) mass is 611 g/mol. The van der Waals surface area contributed by atoms with Gasteiger partial charge in [-0.05, 0) is 60.5 Å². The van der Waals surface area contributed by atoms with Gasteiger partial charge in [0.05, 0.1) is 22.7 Å². The first-order chi connectivity index (χ1) is 17.3. The zero-order valence-electron chi connectivity index (χ0n) is 19.6. The predicted octanol–water partition coefficient (Wildman–Crippen LogP) is 6.59. The van der Waals surface area contributed by atoms with Crippen molar-refractivity contribution in [1.82, 2.24) is 9.66 Å². The minimum Gasteiger partial charge on any atom is -0.488 e. The standard InChI is InChI=1S/C27H23Br2N3O4/c1-3-16(2)25-31-23-10-8-21(29)13-22(23)26(33)32(25)30-14-19-12-20(28)9-11-24(19)36-15-17-4-6-18(7-5-17)27(34)35/h4-14,16H,3,15H2,1-2H3,(H,34,35)/t16-/m0/s1. The fourth-order valence-electron chi connectivity index (χ4n) is 3.56. The molecule has 1 aromatic heterocycles. The molecule has 0 amide bonds. The number of carbonyl (C=O) groups is 1. The molecule has 0 saturated heterocycles. The third-order valence-corrected chi connectivity index (χ3v) is 6.75.